The lowest BCUT2D eigenvalue weighted by atomic mass is 9.99. The van der Waals surface area contributed by atoms with E-state index in [-0.39, 0.29) is 4.75 Å². The molecule has 0 atom stereocenters. The first kappa shape index (κ1) is 17.8. The Hall–Kier alpha value is 1.75. The molecule has 0 aromatic rings. The predicted molar refractivity (Wildman–Crippen MR) is 93.6 cm³/mol. The molecule has 0 radical (unpaired) electrons. The van der Waals surface area contributed by atoms with Crippen molar-refractivity contribution >= 4 is 61.4 Å². The molecule has 0 fully saturated rings. The highest BCUT2D eigenvalue weighted by molar-refractivity contribution is 8.00. The summed E-state index contributed by atoms with van der Waals surface area (Å²) in [4.78, 5) is 0. The van der Waals surface area contributed by atoms with Crippen molar-refractivity contribution in [3.63, 3.8) is 0 Å². The highest BCUT2D eigenvalue weighted by atomic mass is 32.2. The van der Waals surface area contributed by atoms with Crippen molar-refractivity contribution in [3.05, 3.63) is 0 Å². The van der Waals surface area contributed by atoms with Gasteiger partial charge in [0.2, 0.25) is 0 Å². The first-order valence-electron chi connectivity index (χ1n) is 5.78. The maximum Gasteiger partial charge on any atom is 0.0143 e. The van der Waals surface area contributed by atoms with Crippen LogP contribution >= 0.6 is 61.4 Å². The molecule has 0 unspecified atom stereocenters. The zero-order valence-corrected chi connectivity index (χ0v) is 14.3. The predicted octanol–water partition coefficient (Wildman–Crippen LogP) is 4.17. The summed E-state index contributed by atoms with van der Waals surface area (Å²) in [7, 11) is 0. The lowest BCUT2D eigenvalue weighted by Gasteiger charge is -2.27. The van der Waals surface area contributed by atoms with E-state index < -0.39 is 0 Å². The van der Waals surface area contributed by atoms with Crippen molar-refractivity contribution in [2.24, 2.45) is 0 Å². The second-order valence-electron chi connectivity index (χ2n) is 3.75. The number of hydrogen-bond donors (Lipinski definition) is 3. The standard InChI is InChI=1S/C11H24S5/c1-2-11(14,3-7-15-9-5-12)4-8-16-10-6-13/h12-14H,2-10H2,1H3. The van der Waals surface area contributed by atoms with Crippen LogP contribution in [0.1, 0.15) is 26.2 Å². The van der Waals surface area contributed by atoms with Gasteiger partial charge in [0.25, 0.3) is 0 Å². The Morgan fingerprint density at radius 2 is 1.31 bits per heavy atom. The normalized spacial score (nSPS) is 12.0. The Morgan fingerprint density at radius 3 is 1.62 bits per heavy atom. The van der Waals surface area contributed by atoms with Gasteiger partial charge in [-0.1, -0.05) is 6.92 Å². The van der Waals surface area contributed by atoms with E-state index in [1.807, 2.05) is 23.5 Å². The molecule has 0 saturated heterocycles. The first-order chi connectivity index (χ1) is 7.68. The van der Waals surface area contributed by atoms with Gasteiger partial charge >= 0.3 is 0 Å². The molecule has 0 aromatic carbocycles. The topological polar surface area (TPSA) is 0 Å². The minimum Gasteiger partial charge on any atom is -0.179 e. The summed E-state index contributed by atoms with van der Waals surface area (Å²) in [5, 5.41) is 0. The summed E-state index contributed by atoms with van der Waals surface area (Å²) in [5.74, 6) is 6.71. The van der Waals surface area contributed by atoms with Crippen molar-refractivity contribution in [2.45, 2.75) is 30.9 Å². The van der Waals surface area contributed by atoms with Crippen LogP contribution in [0, 0.1) is 0 Å². The molecule has 0 nitrogen and oxygen atoms in total. The average molecular weight is 317 g/mol. The molecule has 0 amide bonds. The zero-order valence-electron chi connectivity index (χ0n) is 10.0. The molecule has 0 heterocycles. The smallest absolute Gasteiger partial charge is 0.0143 e. The molecule has 0 saturated carbocycles. The maximum atomic E-state index is 4.86. The highest BCUT2D eigenvalue weighted by Gasteiger charge is 2.22. The van der Waals surface area contributed by atoms with Gasteiger partial charge in [-0.3, -0.25) is 0 Å². The van der Waals surface area contributed by atoms with Crippen LogP contribution in [-0.4, -0.2) is 39.3 Å². The van der Waals surface area contributed by atoms with Crippen LogP contribution in [0.3, 0.4) is 0 Å². The van der Waals surface area contributed by atoms with Crippen LogP contribution in [0.2, 0.25) is 0 Å². The van der Waals surface area contributed by atoms with E-state index in [9.17, 15) is 0 Å². The number of thiol groups is 3. The van der Waals surface area contributed by atoms with E-state index >= 15 is 0 Å². The van der Waals surface area contributed by atoms with Gasteiger partial charge in [-0.05, 0) is 42.3 Å². The molecule has 0 N–H and O–H groups in total. The molecule has 5 heteroatoms. The van der Waals surface area contributed by atoms with E-state index in [1.165, 1.54) is 30.8 Å². The summed E-state index contributed by atoms with van der Waals surface area (Å²) >= 11 is 17.3. The second kappa shape index (κ2) is 11.8. The van der Waals surface area contributed by atoms with Crippen LogP contribution in [0.4, 0.5) is 0 Å². The van der Waals surface area contributed by atoms with Gasteiger partial charge in [0.1, 0.15) is 0 Å². The number of hydrogen-bond acceptors (Lipinski definition) is 5. The molecular formula is C11H24S5. The third-order valence-electron chi connectivity index (χ3n) is 2.55. The Bertz CT molecular complexity index is 139. The minimum absolute atomic E-state index is 0.243. The van der Waals surface area contributed by atoms with Gasteiger partial charge in [-0.2, -0.15) is 61.4 Å². The Morgan fingerprint density at radius 1 is 0.875 bits per heavy atom. The maximum absolute atomic E-state index is 4.86. The summed E-state index contributed by atoms with van der Waals surface area (Å²) in [6.45, 7) is 2.25. The van der Waals surface area contributed by atoms with Gasteiger partial charge in [0.05, 0.1) is 0 Å². The number of rotatable bonds is 11. The Balaban J connectivity index is 3.64. The molecule has 0 rings (SSSR count). The molecule has 0 aliphatic rings. The van der Waals surface area contributed by atoms with Crippen LogP contribution in [0.5, 0.6) is 0 Å². The van der Waals surface area contributed by atoms with Gasteiger partial charge in [-0.25, -0.2) is 0 Å². The molecule has 98 valence electrons. The fourth-order valence-corrected chi connectivity index (χ4v) is 4.37. The van der Waals surface area contributed by atoms with Crippen molar-refractivity contribution in [3.8, 4) is 0 Å². The van der Waals surface area contributed by atoms with Crippen molar-refractivity contribution in [1.29, 1.82) is 0 Å². The van der Waals surface area contributed by atoms with E-state index in [0.717, 1.165) is 23.0 Å². The Labute approximate surface area is 126 Å². The third-order valence-corrected chi connectivity index (χ3v) is 6.34. The summed E-state index contributed by atoms with van der Waals surface area (Å²) in [5.41, 5.74) is 0. The van der Waals surface area contributed by atoms with Gasteiger partial charge < -0.3 is 0 Å². The number of thioether (sulfide) groups is 2. The summed E-state index contributed by atoms with van der Waals surface area (Å²) < 4.78 is 0.243. The molecule has 0 aromatic heterocycles. The van der Waals surface area contributed by atoms with Crippen LogP contribution in [-0.2, 0) is 0 Å². The summed E-state index contributed by atoms with van der Waals surface area (Å²) in [6.07, 6.45) is 3.60. The van der Waals surface area contributed by atoms with Gasteiger partial charge in [-0.15, -0.1) is 0 Å². The molecule has 0 bridgehead atoms. The summed E-state index contributed by atoms with van der Waals surface area (Å²) in [6, 6.07) is 0. The zero-order chi connectivity index (χ0) is 12.3. The molecular weight excluding hydrogens is 292 g/mol. The fourth-order valence-electron chi connectivity index (χ4n) is 1.34. The minimum atomic E-state index is 0.243. The third kappa shape index (κ3) is 9.75. The quantitative estimate of drug-likeness (QED) is 0.387. The average Bonchev–Trinajstić information content (AvgIpc) is 2.31. The highest BCUT2D eigenvalue weighted by Crippen LogP contribution is 2.30. The van der Waals surface area contributed by atoms with Crippen LogP contribution < -0.4 is 0 Å². The Kier molecular flexibility index (Phi) is 13.1. The second-order valence-corrected chi connectivity index (χ2v) is 8.04. The van der Waals surface area contributed by atoms with Gasteiger partial charge in [0, 0.05) is 16.3 Å². The SMILES string of the molecule is CCC(S)(CCSCCS)CCSCCS. The lowest BCUT2D eigenvalue weighted by Crippen LogP contribution is -2.22. The molecule has 16 heavy (non-hydrogen) atoms. The van der Waals surface area contributed by atoms with Crippen molar-refractivity contribution < 1.29 is 0 Å². The fraction of sp³-hybridized carbons (Fsp3) is 1.00. The van der Waals surface area contributed by atoms with E-state index in [2.05, 4.69) is 32.2 Å². The lowest BCUT2D eigenvalue weighted by molar-refractivity contribution is 0.544. The first-order valence-corrected chi connectivity index (χ1v) is 9.80. The van der Waals surface area contributed by atoms with Crippen LogP contribution in [0.15, 0.2) is 0 Å². The molecule has 0 aliphatic carbocycles. The molecule has 0 aliphatic heterocycles. The largest absolute Gasteiger partial charge is 0.179 e. The van der Waals surface area contributed by atoms with E-state index in [0.29, 0.717) is 0 Å². The van der Waals surface area contributed by atoms with Crippen molar-refractivity contribution in [2.75, 3.05) is 34.5 Å². The van der Waals surface area contributed by atoms with Gasteiger partial charge in [0.15, 0.2) is 0 Å². The monoisotopic (exact) mass is 316 g/mol. The van der Waals surface area contributed by atoms with E-state index in [1.54, 1.807) is 0 Å². The van der Waals surface area contributed by atoms with Crippen LogP contribution in [0.25, 0.3) is 0 Å². The molecule has 0 spiro atoms. The van der Waals surface area contributed by atoms with Crippen molar-refractivity contribution in [1.82, 2.24) is 0 Å². The van der Waals surface area contributed by atoms with E-state index in [4.69, 9.17) is 12.6 Å².